The normalized spacial score (nSPS) is 26.4. The minimum absolute atomic E-state index is 0.101. The van der Waals surface area contributed by atoms with Gasteiger partial charge in [0, 0.05) is 0 Å². The molecule has 2 aliphatic rings. The lowest BCUT2D eigenvalue weighted by Crippen LogP contribution is -2.28. The molecule has 0 spiro atoms. The first-order valence-electron chi connectivity index (χ1n) is 11.5. The van der Waals surface area contributed by atoms with Gasteiger partial charge in [0.05, 0.1) is 63.7 Å². The van der Waals surface area contributed by atoms with Crippen LogP contribution in [0.25, 0.3) is 0 Å². The lowest BCUT2D eigenvalue weighted by molar-refractivity contribution is -0.153. The third-order valence-electron chi connectivity index (χ3n) is 5.70. The second kappa shape index (κ2) is 15.5. The number of carbonyl (C=O) groups excluding carboxylic acids is 2. The van der Waals surface area contributed by atoms with Gasteiger partial charge in [-0.05, 0) is 44.9 Å². The van der Waals surface area contributed by atoms with Crippen LogP contribution in [0.15, 0.2) is 0 Å². The molecule has 0 aromatic carbocycles. The van der Waals surface area contributed by atoms with Gasteiger partial charge in [-0.15, -0.1) is 0 Å². The lowest BCUT2D eigenvalue weighted by Gasteiger charge is -2.24. The topological polar surface area (TPSA) is 121 Å². The fourth-order valence-electron chi connectivity index (χ4n) is 3.87. The van der Waals surface area contributed by atoms with E-state index in [1.54, 1.807) is 0 Å². The minimum atomic E-state index is -0.393. The van der Waals surface area contributed by atoms with E-state index >= 15 is 0 Å². The van der Waals surface area contributed by atoms with Gasteiger partial charge in [0.15, 0.2) is 0 Å². The predicted octanol–water partition coefficient (Wildman–Crippen LogP) is 1.22. The van der Waals surface area contributed by atoms with Gasteiger partial charge in [0.2, 0.25) is 0 Å². The molecule has 9 nitrogen and oxygen atoms in total. The van der Waals surface area contributed by atoms with Gasteiger partial charge >= 0.3 is 11.9 Å². The summed E-state index contributed by atoms with van der Waals surface area (Å²) in [7, 11) is 0. The van der Waals surface area contributed by atoms with Crippen molar-refractivity contribution in [1.29, 1.82) is 0 Å². The van der Waals surface area contributed by atoms with Crippen molar-refractivity contribution in [3.63, 3.8) is 0 Å². The molecule has 0 bridgehead atoms. The van der Waals surface area contributed by atoms with Crippen molar-refractivity contribution >= 4 is 11.9 Å². The van der Waals surface area contributed by atoms with Crippen molar-refractivity contribution in [3.05, 3.63) is 0 Å². The summed E-state index contributed by atoms with van der Waals surface area (Å²) in [6.07, 6.45) is 4.90. The number of hydrogen-bond acceptors (Lipinski definition) is 9. The number of esters is 2. The van der Waals surface area contributed by atoms with Crippen LogP contribution in [0, 0.1) is 11.8 Å². The van der Waals surface area contributed by atoms with Gasteiger partial charge in [-0.3, -0.25) is 9.59 Å². The van der Waals surface area contributed by atoms with E-state index in [1.807, 2.05) is 0 Å². The van der Waals surface area contributed by atoms with Crippen LogP contribution < -0.4 is 0 Å². The molecule has 0 aromatic rings. The van der Waals surface area contributed by atoms with E-state index in [-0.39, 0.29) is 43.1 Å². The highest BCUT2D eigenvalue weighted by atomic mass is 16.6. The molecule has 0 saturated heterocycles. The molecule has 2 atom stereocenters. The summed E-state index contributed by atoms with van der Waals surface area (Å²) in [4.78, 5) is 23.8. The minimum Gasteiger partial charge on any atom is -0.463 e. The molecule has 0 aliphatic heterocycles. The van der Waals surface area contributed by atoms with Gasteiger partial charge in [0.25, 0.3) is 0 Å². The Kier molecular flexibility index (Phi) is 13.0. The third-order valence-corrected chi connectivity index (χ3v) is 5.70. The molecule has 2 fully saturated rings. The van der Waals surface area contributed by atoms with Crippen LogP contribution in [0.1, 0.15) is 51.4 Å². The zero-order chi connectivity index (χ0) is 22.3. The first-order chi connectivity index (χ1) is 15.1. The summed E-state index contributed by atoms with van der Waals surface area (Å²) >= 11 is 0. The largest absolute Gasteiger partial charge is 0.463 e. The average Bonchev–Trinajstić information content (AvgIpc) is 2.77. The number of carbonyl (C=O) groups is 2. The van der Waals surface area contributed by atoms with Gasteiger partial charge in [-0.25, -0.2) is 0 Å². The highest BCUT2D eigenvalue weighted by Gasteiger charge is 2.27. The zero-order valence-electron chi connectivity index (χ0n) is 18.4. The van der Waals surface area contributed by atoms with Crippen molar-refractivity contribution in [2.45, 2.75) is 63.6 Å². The van der Waals surface area contributed by atoms with Crippen LogP contribution in [0.4, 0.5) is 0 Å². The number of aliphatic hydroxyl groups excluding tert-OH is 2. The van der Waals surface area contributed by atoms with Crippen LogP contribution in [-0.2, 0) is 33.3 Å². The Labute approximate surface area is 184 Å². The van der Waals surface area contributed by atoms with E-state index in [4.69, 9.17) is 23.7 Å². The maximum Gasteiger partial charge on any atom is 0.309 e. The lowest BCUT2D eigenvalue weighted by atomic mass is 9.87. The van der Waals surface area contributed by atoms with Gasteiger partial charge < -0.3 is 33.9 Å². The van der Waals surface area contributed by atoms with E-state index in [0.717, 1.165) is 19.3 Å². The summed E-state index contributed by atoms with van der Waals surface area (Å²) in [6, 6.07) is 0. The summed E-state index contributed by atoms with van der Waals surface area (Å²) in [6.45, 7) is 2.68. The molecule has 0 heterocycles. The molecule has 0 amide bonds. The molecule has 2 N–H and O–H groups in total. The summed E-state index contributed by atoms with van der Waals surface area (Å²) in [5.74, 6) is -0.753. The van der Waals surface area contributed by atoms with Crippen molar-refractivity contribution in [3.8, 4) is 0 Å². The first kappa shape index (κ1) is 26.0. The number of hydrogen-bond donors (Lipinski definition) is 2. The Hall–Kier alpha value is -1.26. The van der Waals surface area contributed by atoms with Crippen LogP contribution >= 0.6 is 0 Å². The Bertz CT molecular complexity index is 505. The smallest absolute Gasteiger partial charge is 0.309 e. The SMILES string of the molecule is O=C(OCCOCCOCCOCCOC(=O)C1CCCC(O)C1)C1CCC(O)CC1. The van der Waals surface area contributed by atoms with E-state index < -0.39 is 6.10 Å². The standard InChI is InChI=1S/C22H38O9/c23-19-6-4-17(5-7-19)21(25)30-14-12-28-10-8-27-9-11-29-13-15-31-22(26)18-2-1-3-20(24)16-18/h17-20,23-24H,1-16H2. The van der Waals surface area contributed by atoms with E-state index in [0.29, 0.717) is 71.7 Å². The van der Waals surface area contributed by atoms with Crippen LogP contribution in [0.2, 0.25) is 0 Å². The fourth-order valence-corrected chi connectivity index (χ4v) is 3.87. The van der Waals surface area contributed by atoms with Crippen molar-refractivity contribution < 1.29 is 43.5 Å². The van der Waals surface area contributed by atoms with Crippen molar-refractivity contribution in [2.75, 3.05) is 52.9 Å². The van der Waals surface area contributed by atoms with Gasteiger partial charge in [-0.1, -0.05) is 6.42 Å². The molecule has 180 valence electrons. The Morgan fingerprint density at radius 3 is 1.58 bits per heavy atom. The molecule has 2 aliphatic carbocycles. The quantitative estimate of drug-likeness (QED) is 0.300. The summed E-state index contributed by atoms with van der Waals surface area (Å²) in [5, 5.41) is 19.1. The number of rotatable bonds is 14. The molecule has 2 unspecified atom stereocenters. The van der Waals surface area contributed by atoms with Crippen LogP contribution in [-0.4, -0.2) is 87.2 Å². The first-order valence-corrected chi connectivity index (χ1v) is 11.5. The van der Waals surface area contributed by atoms with Crippen LogP contribution in [0.3, 0.4) is 0 Å². The highest BCUT2D eigenvalue weighted by molar-refractivity contribution is 5.72. The molecule has 31 heavy (non-hydrogen) atoms. The number of aliphatic hydroxyl groups is 2. The average molecular weight is 447 g/mol. The zero-order valence-corrected chi connectivity index (χ0v) is 18.4. The molecule has 2 saturated carbocycles. The van der Waals surface area contributed by atoms with Crippen LogP contribution in [0.5, 0.6) is 0 Å². The molecular formula is C22H38O9. The molecule has 0 radical (unpaired) electrons. The fraction of sp³-hybridized carbons (Fsp3) is 0.909. The second-order valence-corrected chi connectivity index (χ2v) is 8.19. The Balaban J connectivity index is 1.31. The maximum absolute atomic E-state index is 11.9. The van der Waals surface area contributed by atoms with E-state index in [2.05, 4.69) is 0 Å². The maximum atomic E-state index is 11.9. The van der Waals surface area contributed by atoms with E-state index in [1.165, 1.54) is 0 Å². The molecule has 0 aromatic heterocycles. The van der Waals surface area contributed by atoms with Gasteiger partial charge in [0.1, 0.15) is 13.2 Å². The van der Waals surface area contributed by atoms with Gasteiger partial charge in [-0.2, -0.15) is 0 Å². The number of ether oxygens (including phenoxy) is 5. The Morgan fingerprint density at radius 2 is 1.06 bits per heavy atom. The third kappa shape index (κ3) is 11.2. The summed E-state index contributed by atoms with van der Waals surface area (Å²) in [5.41, 5.74) is 0. The van der Waals surface area contributed by atoms with Crippen molar-refractivity contribution in [2.24, 2.45) is 11.8 Å². The molecular weight excluding hydrogens is 408 g/mol. The second-order valence-electron chi connectivity index (χ2n) is 8.19. The summed E-state index contributed by atoms with van der Waals surface area (Å²) < 4.78 is 26.5. The Morgan fingerprint density at radius 1 is 0.581 bits per heavy atom. The molecule has 9 heteroatoms. The monoisotopic (exact) mass is 446 g/mol. The highest BCUT2D eigenvalue weighted by Crippen LogP contribution is 2.26. The molecule has 2 rings (SSSR count). The van der Waals surface area contributed by atoms with Crippen molar-refractivity contribution in [1.82, 2.24) is 0 Å². The predicted molar refractivity (Wildman–Crippen MR) is 110 cm³/mol. The van der Waals surface area contributed by atoms with E-state index in [9.17, 15) is 19.8 Å².